The molecule has 1 aromatic heterocycles. The summed E-state index contributed by atoms with van der Waals surface area (Å²) in [5.41, 5.74) is 3.84. The normalized spacial score (nSPS) is 10.6. The number of rotatable bonds is 4. The fraction of sp³-hybridized carbons (Fsp3) is 0.333. The molecule has 1 aromatic carbocycles. The topological polar surface area (TPSA) is 34.9 Å². The maximum Gasteiger partial charge on any atom is 0.168 e. The SMILES string of the molecule is CCn1nc(C)cc1CC(=O)c1cccc(C)c1. The average molecular weight is 242 g/mol. The summed E-state index contributed by atoms with van der Waals surface area (Å²) in [7, 11) is 0. The number of carbonyl (C=O) groups is 1. The molecule has 3 nitrogen and oxygen atoms in total. The van der Waals surface area contributed by atoms with Crippen LogP contribution in [-0.2, 0) is 13.0 Å². The molecule has 2 rings (SSSR count). The molecule has 18 heavy (non-hydrogen) atoms. The maximum atomic E-state index is 12.2. The zero-order chi connectivity index (χ0) is 13.1. The smallest absolute Gasteiger partial charge is 0.168 e. The molecule has 0 unspecified atom stereocenters. The zero-order valence-corrected chi connectivity index (χ0v) is 11.1. The first-order valence-corrected chi connectivity index (χ1v) is 6.23. The van der Waals surface area contributed by atoms with Crippen LogP contribution >= 0.6 is 0 Å². The van der Waals surface area contributed by atoms with E-state index in [4.69, 9.17) is 0 Å². The van der Waals surface area contributed by atoms with Gasteiger partial charge in [0.05, 0.1) is 12.1 Å². The molecule has 0 fully saturated rings. The monoisotopic (exact) mass is 242 g/mol. The van der Waals surface area contributed by atoms with Crippen LogP contribution in [0, 0.1) is 13.8 Å². The van der Waals surface area contributed by atoms with Crippen LogP contribution in [0.1, 0.15) is 34.2 Å². The molecule has 0 saturated carbocycles. The Kier molecular flexibility index (Phi) is 3.60. The molecule has 0 bridgehead atoms. The van der Waals surface area contributed by atoms with E-state index in [1.807, 2.05) is 55.8 Å². The van der Waals surface area contributed by atoms with Crippen molar-refractivity contribution in [1.82, 2.24) is 9.78 Å². The van der Waals surface area contributed by atoms with Gasteiger partial charge in [0.2, 0.25) is 0 Å². The molecule has 0 saturated heterocycles. The summed E-state index contributed by atoms with van der Waals surface area (Å²) in [4.78, 5) is 12.2. The number of carbonyl (C=O) groups excluding carboxylic acids is 1. The Balaban J connectivity index is 2.21. The fourth-order valence-electron chi connectivity index (χ4n) is 2.10. The van der Waals surface area contributed by atoms with Crippen molar-refractivity contribution >= 4 is 5.78 Å². The van der Waals surface area contributed by atoms with Crippen molar-refractivity contribution in [2.24, 2.45) is 0 Å². The number of Topliss-reactive ketones (excluding diaryl/α,β-unsaturated/α-hetero) is 1. The average Bonchev–Trinajstić information content (AvgIpc) is 2.69. The van der Waals surface area contributed by atoms with E-state index in [1.54, 1.807) is 0 Å². The highest BCUT2D eigenvalue weighted by Crippen LogP contribution is 2.11. The number of ketones is 1. The number of hydrogen-bond donors (Lipinski definition) is 0. The van der Waals surface area contributed by atoms with Gasteiger partial charge in [-0.15, -0.1) is 0 Å². The molecule has 0 aliphatic carbocycles. The standard InChI is InChI=1S/C15H18N2O/c1-4-17-14(9-12(3)16-17)10-15(18)13-7-5-6-11(2)8-13/h5-9H,4,10H2,1-3H3. The van der Waals surface area contributed by atoms with Crippen molar-refractivity contribution in [3.05, 3.63) is 52.8 Å². The molecule has 2 aromatic rings. The third-order valence-electron chi connectivity index (χ3n) is 2.97. The maximum absolute atomic E-state index is 12.2. The molecule has 1 heterocycles. The van der Waals surface area contributed by atoms with Crippen molar-refractivity contribution in [3.63, 3.8) is 0 Å². The van der Waals surface area contributed by atoms with E-state index in [-0.39, 0.29) is 5.78 Å². The highest BCUT2D eigenvalue weighted by molar-refractivity contribution is 5.97. The number of hydrogen-bond acceptors (Lipinski definition) is 2. The molecule has 0 amide bonds. The molecular weight excluding hydrogens is 224 g/mol. The van der Waals surface area contributed by atoms with Gasteiger partial charge in [-0.05, 0) is 32.9 Å². The van der Waals surface area contributed by atoms with Gasteiger partial charge in [0.15, 0.2) is 5.78 Å². The van der Waals surface area contributed by atoms with Crippen LogP contribution in [0.15, 0.2) is 30.3 Å². The van der Waals surface area contributed by atoms with E-state index in [9.17, 15) is 4.79 Å². The Bertz CT molecular complexity index is 570. The van der Waals surface area contributed by atoms with E-state index in [0.29, 0.717) is 6.42 Å². The molecule has 0 N–H and O–H groups in total. The fourth-order valence-corrected chi connectivity index (χ4v) is 2.10. The summed E-state index contributed by atoms with van der Waals surface area (Å²) in [6.07, 6.45) is 0.415. The van der Waals surface area contributed by atoms with E-state index in [2.05, 4.69) is 5.10 Å². The summed E-state index contributed by atoms with van der Waals surface area (Å²) in [6.45, 7) is 6.78. The van der Waals surface area contributed by atoms with Crippen LogP contribution in [0.25, 0.3) is 0 Å². The first-order chi connectivity index (χ1) is 8.60. The third kappa shape index (κ3) is 2.67. The summed E-state index contributed by atoms with van der Waals surface area (Å²) in [5.74, 6) is 0.147. The summed E-state index contributed by atoms with van der Waals surface area (Å²) >= 11 is 0. The van der Waals surface area contributed by atoms with Gasteiger partial charge in [0, 0.05) is 17.8 Å². The highest BCUT2D eigenvalue weighted by Gasteiger charge is 2.11. The Morgan fingerprint density at radius 2 is 2.06 bits per heavy atom. The summed E-state index contributed by atoms with van der Waals surface area (Å²) in [5, 5.41) is 4.36. The van der Waals surface area contributed by atoms with Gasteiger partial charge in [0.25, 0.3) is 0 Å². The Morgan fingerprint density at radius 3 is 2.72 bits per heavy atom. The predicted molar refractivity (Wildman–Crippen MR) is 71.9 cm³/mol. The van der Waals surface area contributed by atoms with E-state index in [0.717, 1.165) is 29.1 Å². The minimum atomic E-state index is 0.147. The number of nitrogens with zero attached hydrogens (tertiary/aromatic N) is 2. The van der Waals surface area contributed by atoms with Gasteiger partial charge in [-0.3, -0.25) is 9.48 Å². The van der Waals surface area contributed by atoms with E-state index in [1.165, 1.54) is 0 Å². The number of aryl methyl sites for hydroxylation is 3. The Hall–Kier alpha value is -1.90. The van der Waals surface area contributed by atoms with Crippen LogP contribution in [0.4, 0.5) is 0 Å². The number of aromatic nitrogens is 2. The van der Waals surface area contributed by atoms with Gasteiger partial charge in [0.1, 0.15) is 0 Å². The first-order valence-electron chi connectivity index (χ1n) is 6.23. The first kappa shape index (κ1) is 12.6. The molecule has 0 spiro atoms. The van der Waals surface area contributed by atoms with Gasteiger partial charge in [-0.2, -0.15) is 5.10 Å². The predicted octanol–water partition coefficient (Wildman–Crippen LogP) is 2.95. The van der Waals surface area contributed by atoms with Gasteiger partial charge < -0.3 is 0 Å². The second-order valence-electron chi connectivity index (χ2n) is 4.56. The van der Waals surface area contributed by atoms with Crippen molar-refractivity contribution in [2.45, 2.75) is 33.7 Å². The van der Waals surface area contributed by atoms with Crippen molar-refractivity contribution in [3.8, 4) is 0 Å². The lowest BCUT2D eigenvalue weighted by Crippen LogP contribution is -2.09. The van der Waals surface area contributed by atoms with Crippen LogP contribution < -0.4 is 0 Å². The van der Waals surface area contributed by atoms with E-state index < -0.39 is 0 Å². The van der Waals surface area contributed by atoms with Crippen LogP contribution in [0.3, 0.4) is 0 Å². The lowest BCUT2D eigenvalue weighted by atomic mass is 10.0. The van der Waals surface area contributed by atoms with Gasteiger partial charge in [-0.25, -0.2) is 0 Å². The minimum Gasteiger partial charge on any atom is -0.294 e. The molecule has 3 heteroatoms. The van der Waals surface area contributed by atoms with Crippen molar-refractivity contribution in [1.29, 1.82) is 0 Å². The van der Waals surface area contributed by atoms with Crippen molar-refractivity contribution < 1.29 is 4.79 Å². The van der Waals surface area contributed by atoms with E-state index >= 15 is 0 Å². The molecule has 0 aliphatic heterocycles. The lowest BCUT2D eigenvalue weighted by molar-refractivity contribution is 0.0990. The third-order valence-corrected chi connectivity index (χ3v) is 2.97. The van der Waals surface area contributed by atoms with Crippen LogP contribution in [0.2, 0.25) is 0 Å². The van der Waals surface area contributed by atoms with Crippen LogP contribution in [-0.4, -0.2) is 15.6 Å². The molecule has 0 aliphatic rings. The summed E-state index contributed by atoms with van der Waals surface area (Å²) < 4.78 is 1.89. The quantitative estimate of drug-likeness (QED) is 0.773. The largest absolute Gasteiger partial charge is 0.294 e. The van der Waals surface area contributed by atoms with Crippen LogP contribution in [0.5, 0.6) is 0 Å². The number of benzene rings is 1. The van der Waals surface area contributed by atoms with Gasteiger partial charge in [-0.1, -0.05) is 23.8 Å². The van der Waals surface area contributed by atoms with Crippen molar-refractivity contribution in [2.75, 3.05) is 0 Å². The highest BCUT2D eigenvalue weighted by atomic mass is 16.1. The lowest BCUT2D eigenvalue weighted by Gasteiger charge is -2.04. The second-order valence-corrected chi connectivity index (χ2v) is 4.56. The molecule has 0 radical (unpaired) electrons. The zero-order valence-electron chi connectivity index (χ0n) is 11.1. The minimum absolute atomic E-state index is 0.147. The summed E-state index contributed by atoms with van der Waals surface area (Å²) in [6, 6.07) is 9.70. The molecular formula is C15H18N2O. The Labute approximate surface area is 107 Å². The second kappa shape index (κ2) is 5.17. The molecule has 94 valence electrons. The Morgan fingerprint density at radius 1 is 1.28 bits per heavy atom. The van der Waals surface area contributed by atoms with Gasteiger partial charge >= 0.3 is 0 Å². The molecule has 0 atom stereocenters.